The SMILES string of the molecule is Cc1nc(N(C)C)ncc1C(=O)NCCc1nc2ccccc2n1C. The lowest BCUT2D eigenvalue weighted by molar-refractivity contribution is 0.0952. The van der Waals surface area contributed by atoms with Gasteiger partial charge in [-0.25, -0.2) is 15.0 Å². The lowest BCUT2D eigenvalue weighted by atomic mass is 10.2. The van der Waals surface area contributed by atoms with E-state index >= 15 is 0 Å². The lowest BCUT2D eigenvalue weighted by Crippen LogP contribution is -2.28. The van der Waals surface area contributed by atoms with Gasteiger partial charge in [0, 0.05) is 40.3 Å². The summed E-state index contributed by atoms with van der Waals surface area (Å²) in [6.45, 7) is 2.32. The molecule has 0 aliphatic carbocycles. The monoisotopic (exact) mass is 338 g/mol. The zero-order chi connectivity index (χ0) is 18.0. The number of aromatic nitrogens is 4. The third-order valence-corrected chi connectivity index (χ3v) is 4.13. The highest BCUT2D eigenvalue weighted by molar-refractivity contribution is 5.95. The highest BCUT2D eigenvalue weighted by Gasteiger charge is 2.13. The van der Waals surface area contributed by atoms with Gasteiger partial charge < -0.3 is 14.8 Å². The quantitative estimate of drug-likeness (QED) is 0.766. The van der Waals surface area contributed by atoms with Crippen LogP contribution in [0, 0.1) is 6.92 Å². The van der Waals surface area contributed by atoms with E-state index in [1.165, 1.54) is 0 Å². The normalized spacial score (nSPS) is 10.9. The number of carbonyl (C=O) groups excluding carboxylic acids is 1. The van der Waals surface area contributed by atoms with E-state index < -0.39 is 0 Å². The maximum atomic E-state index is 12.4. The molecule has 0 saturated heterocycles. The molecule has 2 heterocycles. The Kier molecular flexibility index (Phi) is 4.65. The number of para-hydroxylation sites is 2. The summed E-state index contributed by atoms with van der Waals surface area (Å²) in [7, 11) is 5.72. The van der Waals surface area contributed by atoms with Gasteiger partial charge in [0.1, 0.15) is 5.82 Å². The maximum absolute atomic E-state index is 12.4. The second kappa shape index (κ2) is 6.88. The van der Waals surface area contributed by atoms with Crippen LogP contribution >= 0.6 is 0 Å². The van der Waals surface area contributed by atoms with E-state index in [1.807, 2.05) is 52.3 Å². The van der Waals surface area contributed by atoms with Crippen molar-refractivity contribution in [2.45, 2.75) is 13.3 Å². The number of benzene rings is 1. The second-order valence-corrected chi connectivity index (χ2v) is 6.15. The molecule has 0 spiro atoms. The van der Waals surface area contributed by atoms with E-state index in [2.05, 4.69) is 24.8 Å². The standard InChI is InChI=1S/C18H22N6O/c1-12-13(11-20-18(21-12)23(2)3)17(25)19-10-9-16-22-14-7-5-6-8-15(14)24(16)4/h5-8,11H,9-10H2,1-4H3,(H,19,25). The first-order valence-corrected chi connectivity index (χ1v) is 8.17. The Hall–Kier alpha value is -2.96. The summed E-state index contributed by atoms with van der Waals surface area (Å²) in [6, 6.07) is 8.00. The zero-order valence-electron chi connectivity index (χ0n) is 14.9. The summed E-state index contributed by atoms with van der Waals surface area (Å²) in [5.41, 5.74) is 3.22. The Morgan fingerprint density at radius 1 is 1.24 bits per heavy atom. The number of fused-ring (bicyclic) bond motifs is 1. The first kappa shape index (κ1) is 16.9. The molecule has 0 saturated carbocycles. The van der Waals surface area contributed by atoms with Crippen LogP contribution in [0.1, 0.15) is 21.9 Å². The van der Waals surface area contributed by atoms with Crippen LogP contribution < -0.4 is 10.2 Å². The number of rotatable bonds is 5. The fourth-order valence-corrected chi connectivity index (χ4v) is 2.70. The number of nitrogens with zero attached hydrogens (tertiary/aromatic N) is 5. The van der Waals surface area contributed by atoms with Crippen molar-refractivity contribution >= 4 is 22.9 Å². The molecule has 1 N–H and O–H groups in total. The van der Waals surface area contributed by atoms with Crippen LogP contribution in [0.15, 0.2) is 30.5 Å². The van der Waals surface area contributed by atoms with Gasteiger partial charge in [-0.2, -0.15) is 0 Å². The minimum atomic E-state index is -0.165. The van der Waals surface area contributed by atoms with Crippen LogP contribution in [0.5, 0.6) is 0 Å². The van der Waals surface area contributed by atoms with Crippen molar-refractivity contribution in [2.75, 3.05) is 25.5 Å². The Balaban J connectivity index is 1.65. The average molecular weight is 338 g/mol. The summed E-state index contributed by atoms with van der Waals surface area (Å²) in [6.07, 6.45) is 2.23. The van der Waals surface area contributed by atoms with Gasteiger partial charge in [-0.05, 0) is 19.1 Å². The van der Waals surface area contributed by atoms with Crippen molar-refractivity contribution in [3.63, 3.8) is 0 Å². The molecule has 0 aliphatic heterocycles. The van der Waals surface area contributed by atoms with Gasteiger partial charge in [0.05, 0.1) is 22.3 Å². The molecule has 0 aliphatic rings. The molecule has 25 heavy (non-hydrogen) atoms. The first-order chi connectivity index (χ1) is 12.0. The highest BCUT2D eigenvalue weighted by atomic mass is 16.1. The van der Waals surface area contributed by atoms with Crippen LogP contribution in [0.25, 0.3) is 11.0 Å². The van der Waals surface area contributed by atoms with Crippen molar-refractivity contribution in [3.05, 3.63) is 47.5 Å². The molecule has 3 rings (SSSR count). The van der Waals surface area contributed by atoms with Crippen molar-refractivity contribution < 1.29 is 4.79 Å². The molecule has 3 aromatic rings. The second-order valence-electron chi connectivity index (χ2n) is 6.15. The maximum Gasteiger partial charge on any atom is 0.254 e. The molecular weight excluding hydrogens is 316 g/mol. The molecular formula is C18H22N6O. The number of nitrogens with one attached hydrogen (secondary N) is 1. The first-order valence-electron chi connectivity index (χ1n) is 8.17. The molecule has 1 aromatic carbocycles. The molecule has 0 atom stereocenters. The van der Waals surface area contributed by atoms with Gasteiger partial charge in [0.15, 0.2) is 0 Å². The zero-order valence-corrected chi connectivity index (χ0v) is 14.9. The molecule has 7 nitrogen and oxygen atoms in total. The van der Waals surface area contributed by atoms with Crippen molar-refractivity contribution in [1.82, 2.24) is 24.8 Å². The number of anilines is 1. The van der Waals surface area contributed by atoms with E-state index in [4.69, 9.17) is 0 Å². The third kappa shape index (κ3) is 3.45. The predicted octanol–water partition coefficient (Wildman–Crippen LogP) is 1.71. The Labute approximate surface area is 146 Å². The number of hydrogen-bond donors (Lipinski definition) is 1. The Morgan fingerprint density at radius 3 is 2.68 bits per heavy atom. The van der Waals surface area contributed by atoms with E-state index in [-0.39, 0.29) is 5.91 Å². The van der Waals surface area contributed by atoms with Crippen LogP contribution in [-0.2, 0) is 13.5 Å². The van der Waals surface area contributed by atoms with Crippen molar-refractivity contribution in [1.29, 1.82) is 0 Å². The molecule has 0 bridgehead atoms. The molecule has 1 amide bonds. The smallest absolute Gasteiger partial charge is 0.254 e. The average Bonchev–Trinajstić information content (AvgIpc) is 2.91. The van der Waals surface area contributed by atoms with Gasteiger partial charge in [-0.3, -0.25) is 4.79 Å². The lowest BCUT2D eigenvalue weighted by Gasteiger charge is -2.12. The number of hydrogen-bond acceptors (Lipinski definition) is 5. The Morgan fingerprint density at radius 2 is 2.00 bits per heavy atom. The molecule has 0 unspecified atom stereocenters. The molecule has 0 fully saturated rings. The summed E-state index contributed by atoms with van der Waals surface area (Å²) in [4.78, 5) is 27.3. The number of imidazole rings is 1. The van der Waals surface area contributed by atoms with E-state index in [0.717, 1.165) is 16.9 Å². The van der Waals surface area contributed by atoms with Gasteiger partial charge in [-0.15, -0.1) is 0 Å². The third-order valence-electron chi connectivity index (χ3n) is 4.13. The summed E-state index contributed by atoms with van der Waals surface area (Å²) < 4.78 is 2.06. The van der Waals surface area contributed by atoms with Gasteiger partial charge >= 0.3 is 0 Å². The summed E-state index contributed by atoms with van der Waals surface area (Å²) in [5, 5.41) is 2.92. The molecule has 0 radical (unpaired) electrons. The number of aryl methyl sites for hydroxylation is 2. The van der Waals surface area contributed by atoms with Crippen LogP contribution in [-0.4, -0.2) is 46.1 Å². The van der Waals surface area contributed by atoms with Crippen molar-refractivity contribution in [3.8, 4) is 0 Å². The van der Waals surface area contributed by atoms with Gasteiger partial charge in [-0.1, -0.05) is 12.1 Å². The van der Waals surface area contributed by atoms with E-state index in [1.54, 1.807) is 11.1 Å². The largest absolute Gasteiger partial charge is 0.351 e. The van der Waals surface area contributed by atoms with Crippen molar-refractivity contribution in [2.24, 2.45) is 7.05 Å². The topological polar surface area (TPSA) is 75.9 Å². The minimum Gasteiger partial charge on any atom is -0.351 e. The fraction of sp³-hybridized carbons (Fsp3) is 0.333. The van der Waals surface area contributed by atoms with Crippen LogP contribution in [0.3, 0.4) is 0 Å². The minimum absolute atomic E-state index is 0.165. The predicted molar refractivity (Wildman–Crippen MR) is 97.8 cm³/mol. The number of carbonyl (C=O) groups is 1. The van der Waals surface area contributed by atoms with E-state index in [0.29, 0.717) is 30.2 Å². The van der Waals surface area contributed by atoms with Crippen LogP contribution in [0.2, 0.25) is 0 Å². The molecule has 130 valence electrons. The summed E-state index contributed by atoms with van der Waals surface area (Å²) >= 11 is 0. The summed E-state index contributed by atoms with van der Waals surface area (Å²) in [5.74, 6) is 1.37. The Bertz CT molecular complexity index is 915. The van der Waals surface area contributed by atoms with Crippen LogP contribution in [0.4, 0.5) is 5.95 Å². The fourth-order valence-electron chi connectivity index (χ4n) is 2.70. The highest BCUT2D eigenvalue weighted by Crippen LogP contribution is 2.14. The van der Waals surface area contributed by atoms with Gasteiger partial charge in [0.2, 0.25) is 5.95 Å². The number of amides is 1. The van der Waals surface area contributed by atoms with E-state index in [9.17, 15) is 4.79 Å². The molecule has 2 aromatic heterocycles. The molecule has 7 heteroatoms. The van der Waals surface area contributed by atoms with Gasteiger partial charge in [0.25, 0.3) is 5.91 Å².